The zero-order chi connectivity index (χ0) is 12.4. The molecule has 0 amide bonds. The minimum Gasteiger partial charge on any atom is -0.398 e. The van der Waals surface area contributed by atoms with Crippen molar-refractivity contribution >= 4 is 5.69 Å². The largest absolute Gasteiger partial charge is 0.398 e. The Kier molecular flexibility index (Phi) is 3.72. The summed E-state index contributed by atoms with van der Waals surface area (Å²) in [6.07, 6.45) is 2.72. The lowest BCUT2D eigenvalue weighted by molar-refractivity contribution is 0.226. The zero-order valence-corrected chi connectivity index (χ0v) is 11.2. The minimum absolute atomic E-state index is 0.724. The summed E-state index contributed by atoms with van der Waals surface area (Å²) in [6, 6.07) is 7.15. The number of nitrogen functional groups attached to an aromatic ring is 1. The maximum Gasteiger partial charge on any atom is 0.0359 e. The van der Waals surface area contributed by atoms with Crippen LogP contribution in [0, 0.1) is 12.8 Å². The van der Waals surface area contributed by atoms with Crippen LogP contribution in [0.4, 0.5) is 5.69 Å². The van der Waals surface area contributed by atoms with Crippen LogP contribution >= 0.6 is 0 Å². The van der Waals surface area contributed by atoms with Crippen molar-refractivity contribution in [1.29, 1.82) is 0 Å². The lowest BCUT2D eigenvalue weighted by Gasteiger charge is -2.25. The third kappa shape index (κ3) is 3.47. The van der Waals surface area contributed by atoms with Crippen LogP contribution in [0.5, 0.6) is 0 Å². The van der Waals surface area contributed by atoms with Gasteiger partial charge in [0, 0.05) is 24.8 Å². The fourth-order valence-electron chi connectivity index (χ4n) is 2.34. The van der Waals surface area contributed by atoms with Crippen molar-refractivity contribution in [3.63, 3.8) is 0 Å². The van der Waals surface area contributed by atoms with E-state index in [1.807, 2.05) is 6.07 Å². The van der Waals surface area contributed by atoms with Crippen LogP contribution in [0.3, 0.4) is 0 Å². The van der Waals surface area contributed by atoms with Gasteiger partial charge in [-0.2, -0.15) is 0 Å². The molecule has 94 valence electrons. The monoisotopic (exact) mass is 232 g/mol. The molecule has 1 aromatic carbocycles. The van der Waals surface area contributed by atoms with E-state index in [-0.39, 0.29) is 0 Å². The molecule has 2 rings (SSSR count). The first-order valence-electron chi connectivity index (χ1n) is 6.65. The first-order valence-corrected chi connectivity index (χ1v) is 6.65. The molecule has 0 heterocycles. The third-order valence-corrected chi connectivity index (χ3v) is 3.33. The van der Waals surface area contributed by atoms with Crippen LogP contribution in [0.25, 0.3) is 0 Å². The predicted octanol–water partition coefficient (Wildman–Crippen LogP) is 3.20. The Bertz CT molecular complexity index is 381. The summed E-state index contributed by atoms with van der Waals surface area (Å²) in [7, 11) is 0. The fourth-order valence-corrected chi connectivity index (χ4v) is 2.34. The Morgan fingerprint density at radius 3 is 2.65 bits per heavy atom. The minimum atomic E-state index is 0.724. The lowest BCUT2D eigenvalue weighted by Crippen LogP contribution is -2.29. The average Bonchev–Trinajstić information content (AvgIpc) is 3.05. The standard InChI is InChI=1S/C15H24N2/c1-11(2)9-17(14-5-6-14)10-13-8-12(3)4-7-15(13)16/h4,7-8,11,14H,5-6,9-10,16H2,1-3H3. The van der Waals surface area contributed by atoms with Gasteiger partial charge in [0.25, 0.3) is 0 Å². The van der Waals surface area contributed by atoms with Gasteiger partial charge in [-0.1, -0.05) is 31.5 Å². The van der Waals surface area contributed by atoms with Crippen LogP contribution in [-0.2, 0) is 6.54 Å². The molecule has 1 aliphatic rings. The first-order chi connectivity index (χ1) is 8.06. The second-order valence-electron chi connectivity index (χ2n) is 5.76. The smallest absolute Gasteiger partial charge is 0.0359 e. The average molecular weight is 232 g/mol. The van der Waals surface area contributed by atoms with E-state index in [1.54, 1.807) is 0 Å². The molecule has 1 aliphatic carbocycles. The number of benzene rings is 1. The highest BCUT2D eigenvalue weighted by atomic mass is 15.2. The van der Waals surface area contributed by atoms with Gasteiger partial charge in [-0.3, -0.25) is 4.90 Å². The van der Waals surface area contributed by atoms with Crippen molar-refractivity contribution in [2.24, 2.45) is 5.92 Å². The summed E-state index contributed by atoms with van der Waals surface area (Å²) in [4.78, 5) is 2.59. The quantitative estimate of drug-likeness (QED) is 0.790. The van der Waals surface area contributed by atoms with Gasteiger partial charge < -0.3 is 5.73 Å². The molecule has 1 saturated carbocycles. The third-order valence-electron chi connectivity index (χ3n) is 3.33. The van der Waals surface area contributed by atoms with E-state index >= 15 is 0 Å². The predicted molar refractivity (Wildman–Crippen MR) is 73.9 cm³/mol. The van der Waals surface area contributed by atoms with Crippen LogP contribution in [0.15, 0.2) is 18.2 Å². The topological polar surface area (TPSA) is 29.3 Å². The number of nitrogens with zero attached hydrogens (tertiary/aromatic N) is 1. The van der Waals surface area contributed by atoms with Crippen molar-refractivity contribution in [3.05, 3.63) is 29.3 Å². The summed E-state index contributed by atoms with van der Waals surface area (Å²) >= 11 is 0. The summed E-state index contributed by atoms with van der Waals surface area (Å²) in [6.45, 7) is 8.89. The Hall–Kier alpha value is -1.02. The van der Waals surface area contributed by atoms with Crippen LogP contribution < -0.4 is 5.73 Å². The van der Waals surface area contributed by atoms with Crippen LogP contribution in [0.2, 0.25) is 0 Å². The summed E-state index contributed by atoms with van der Waals surface area (Å²) < 4.78 is 0. The second-order valence-corrected chi connectivity index (χ2v) is 5.76. The molecule has 1 aromatic rings. The molecule has 0 radical (unpaired) electrons. The molecule has 17 heavy (non-hydrogen) atoms. The lowest BCUT2D eigenvalue weighted by atomic mass is 10.1. The van der Waals surface area contributed by atoms with Gasteiger partial charge in [0.2, 0.25) is 0 Å². The molecule has 2 heteroatoms. The van der Waals surface area contributed by atoms with E-state index in [0.717, 1.165) is 24.2 Å². The van der Waals surface area contributed by atoms with Crippen molar-refractivity contribution in [1.82, 2.24) is 4.90 Å². The normalized spacial score (nSPS) is 15.8. The van der Waals surface area contributed by atoms with E-state index in [4.69, 9.17) is 5.73 Å². The van der Waals surface area contributed by atoms with Gasteiger partial charge in [0.1, 0.15) is 0 Å². The zero-order valence-electron chi connectivity index (χ0n) is 11.2. The molecule has 0 unspecified atom stereocenters. The van der Waals surface area contributed by atoms with Crippen molar-refractivity contribution in [2.45, 2.75) is 46.2 Å². The molecule has 0 aliphatic heterocycles. The van der Waals surface area contributed by atoms with Gasteiger partial charge in [-0.25, -0.2) is 0 Å². The van der Waals surface area contributed by atoms with Gasteiger partial charge in [-0.05, 0) is 37.3 Å². The Morgan fingerprint density at radius 2 is 2.06 bits per heavy atom. The number of nitrogens with two attached hydrogens (primary N) is 1. The van der Waals surface area contributed by atoms with Gasteiger partial charge in [0.15, 0.2) is 0 Å². The number of aryl methyl sites for hydroxylation is 1. The molecule has 0 bridgehead atoms. The first kappa shape index (κ1) is 12.4. The number of hydrogen-bond donors (Lipinski definition) is 1. The molecule has 2 nitrogen and oxygen atoms in total. The van der Waals surface area contributed by atoms with Gasteiger partial charge >= 0.3 is 0 Å². The molecule has 0 aromatic heterocycles. The molecular formula is C15H24N2. The molecule has 0 saturated heterocycles. The Morgan fingerprint density at radius 1 is 1.35 bits per heavy atom. The van der Waals surface area contributed by atoms with Crippen LogP contribution in [0.1, 0.15) is 37.8 Å². The Labute approximate surface area is 105 Å². The van der Waals surface area contributed by atoms with Crippen molar-refractivity contribution in [3.8, 4) is 0 Å². The second kappa shape index (κ2) is 5.09. The number of hydrogen-bond acceptors (Lipinski definition) is 2. The highest BCUT2D eigenvalue weighted by Crippen LogP contribution is 2.30. The van der Waals surface area contributed by atoms with Crippen molar-refractivity contribution in [2.75, 3.05) is 12.3 Å². The molecule has 0 spiro atoms. The fraction of sp³-hybridized carbons (Fsp3) is 0.600. The van der Waals surface area contributed by atoms with E-state index < -0.39 is 0 Å². The van der Waals surface area contributed by atoms with E-state index in [1.165, 1.54) is 30.5 Å². The van der Waals surface area contributed by atoms with Crippen molar-refractivity contribution < 1.29 is 0 Å². The molecule has 1 fully saturated rings. The maximum atomic E-state index is 6.06. The van der Waals surface area contributed by atoms with Gasteiger partial charge in [0.05, 0.1) is 0 Å². The summed E-state index contributed by atoms with van der Waals surface area (Å²) in [5.41, 5.74) is 9.59. The highest BCUT2D eigenvalue weighted by molar-refractivity contribution is 5.48. The summed E-state index contributed by atoms with van der Waals surface area (Å²) in [5.74, 6) is 0.724. The maximum absolute atomic E-state index is 6.06. The number of anilines is 1. The van der Waals surface area contributed by atoms with E-state index in [0.29, 0.717) is 0 Å². The number of rotatable bonds is 5. The van der Waals surface area contributed by atoms with Crippen LogP contribution in [-0.4, -0.2) is 17.5 Å². The SMILES string of the molecule is Cc1ccc(N)c(CN(CC(C)C)C2CC2)c1. The van der Waals surface area contributed by atoms with Gasteiger partial charge in [-0.15, -0.1) is 0 Å². The molecular weight excluding hydrogens is 208 g/mol. The van der Waals surface area contributed by atoms with E-state index in [2.05, 4.69) is 37.8 Å². The molecule has 2 N–H and O–H groups in total. The summed E-state index contributed by atoms with van der Waals surface area (Å²) in [5, 5.41) is 0. The van der Waals surface area contributed by atoms with E-state index in [9.17, 15) is 0 Å². The Balaban J connectivity index is 2.08. The molecule has 0 atom stereocenters. The highest BCUT2D eigenvalue weighted by Gasteiger charge is 2.29.